The first kappa shape index (κ1) is 16.0. The normalized spacial score (nSPS) is 14.2. The van der Waals surface area contributed by atoms with Crippen molar-refractivity contribution in [2.75, 3.05) is 0 Å². The van der Waals surface area contributed by atoms with E-state index in [1.807, 2.05) is 12.1 Å². The number of benzene rings is 2. The van der Waals surface area contributed by atoms with Crippen molar-refractivity contribution < 1.29 is 9.18 Å². The number of carbonyl (C=O) groups is 1. The minimum atomic E-state index is -0.436. The number of nitrogens with two attached hydrogens (primary N) is 1. The van der Waals surface area contributed by atoms with Crippen LogP contribution >= 0.6 is 11.6 Å². The molecule has 0 aliphatic heterocycles. The molecule has 0 bridgehead atoms. The zero-order valence-electron chi connectivity index (χ0n) is 12.6. The predicted molar refractivity (Wildman–Crippen MR) is 88.6 cm³/mol. The molecule has 1 aliphatic carbocycles. The molecule has 120 valence electrons. The Morgan fingerprint density at radius 2 is 1.87 bits per heavy atom. The largest absolute Gasteiger partial charge is 0.366 e. The maximum atomic E-state index is 14.0. The molecule has 1 aliphatic rings. The molecule has 0 atom stereocenters. The van der Waals surface area contributed by atoms with Crippen LogP contribution in [0, 0.1) is 5.82 Å². The van der Waals surface area contributed by atoms with E-state index in [2.05, 4.69) is 4.90 Å². The summed E-state index contributed by atoms with van der Waals surface area (Å²) in [6.07, 6.45) is 2.23. The van der Waals surface area contributed by atoms with Gasteiger partial charge in [-0.3, -0.25) is 9.69 Å². The first-order chi connectivity index (χ1) is 11.0. The first-order valence-electron chi connectivity index (χ1n) is 7.60. The Bertz CT molecular complexity index is 693. The Balaban J connectivity index is 1.76. The van der Waals surface area contributed by atoms with Gasteiger partial charge in [-0.05, 0) is 42.7 Å². The van der Waals surface area contributed by atoms with Crippen LogP contribution < -0.4 is 5.73 Å². The molecular weight excluding hydrogens is 315 g/mol. The van der Waals surface area contributed by atoms with Crippen LogP contribution in [0.1, 0.15) is 34.3 Å². The minimum absolute atomic E-state index is 0.271. The third-order valence-corrected chi connectivity index (χ3v) is 4.46. The molecule has 0 unspecified atom stereocenters. The Labute approximate surface area is 139 Å². The number of amides is 1. The van der Waals surface area contributed by atoms with Crippen LogP contribution in [-0.2, 0) is 13.1 Å². The van der Waals surface area contributed by atoms with Crippen LogP contribution in [0.4, 0.5) is 4.39 Å². The van der Waals surface area contributed by atoms with Crippen molar-refractivity contribution in [1.82, 2.24) is 4.90 Å². The van der Waals surface area contributed by atoms with Gasteiger partial charge in [-0.1, -0.05) is 29.8 Å². The molecule has 23 heavy (non-hydrogen) atoms. The van der Waals surface area contributed by atoms with Crippen molar-refractivity contribution in [2.24, 2.45) is 5.73 Å². The minimum Gasteiger partial charge on any atom is -0.366 e. The van der Waals surface area contributed by atoms with Crippen molar-refractivity contribution in [3.63, 3.8) is 0 Å². The second kappa shape index (κ2) is 6.69. The van der Waals surface area contributed by atoms with Gasteiger partial charge < -0.3 is 5.73 Å². The fourth-order valence-corrected chi connectivity index (χ4v) is 2.87. The summed E-state index contributed by atoms with van der Waals surface area (Å²) in [6, 6.07) is 12.4. The molecule has 3 nitrogen and oxygen atoms in total. The molecule has 1 saturated carbocycles. The molecule has 2 N–H and O–H groups in total. The second-order valence-corrected chi connectivity index (χ2v) is 6.30. The molecule has 2 aromatic carbocycles. The van der Waals surface area contributed by atoms with Crippen LogP contribution in [0.5, 0.6) is 0 Å². The molecule has 0 saturated heterocycles. The molecule has 5 heteroatoms. The van der Waals surface area contributed by atoms with E-state index in [0.29, 0.717) is 35.3 Å². The number of primary amides is 1. The average Bonchev–Trinajstić information content (AvgIpc) is 3.35. The second-order valence-electron chi connectivity index (χ2n) is 5.90. The summed E-state index contributed by atoms with van der Waals surface area (Å²) >= 11 is 6.14. The van der Waals surface area contributed by atoms with Crippen LogP contribution in [-0.4, -0.2) is 16.8 Å². The van der Waals surface area contributed by atoms with Gasteiger partial charge in [-0.25, -0.2) is 4.39 Å². The van der Waals surface area contributed by atoms with E-state index in [-0.39, 0.29) is 5.82 Å². The van der Waals surface area contributed by atoms with Gasteiger partial charge in [-0.2, -0.15) is 0 Å². The fourth-order valence-electron chi connectivity index (χ4n) is 2.65. The van der Waals surface area contributed by atoms with E-state index < -0.39 is 5.91 Å². The van der Waals surface area contributed by atoms with E-state index in [9.17, 15) is 9.18 Å². The molecule has 1 fully saturated rings. The lowest BCUT2D eigenvalue weighted by Gasteiger charge is -2.23. The van der Waals surface area contributed by atoms with E-state index in [0.717, 1.165) is 18.4 Å². The third-order valence-electron chi connectivity index (χ3n) is 4.11. The van der Waals surface area contributed by atoms with E-state index in [1.54, 1.807) is 24.3 Å². The van der Waals surface area contributed by atoms with Gasteiger partial charge >= 0.3 is 0 Å². The lowest BCUT2D eigenvalue weighted by molar-refractivity contribution is 0.100. The Morgan fingerprint density at radius 1 is 1.17 bits per heavy atom. The Hall–Kier alpha value is -1.91. The maximum absolute atomic E-state index is 14.0. The summed E-state index contributed by atoms with van der Waals surface area (Å²) in [4.78, 5) is 13.4. The van der Waals surface area contributed by atoms with Crippen molar-refractivity contribution >= 4 is 17.5 Å². The number of halogens is 2. The number of rotatable bonds is 6. The summed E-state index contributed by atoms with van der Waals surface area (Å²) in [6.45, 7) is 1.17. The summed E-state index contributed by atoms with van der Waals surface area (Å²) in [5.74, 6) is -0.707. The zero-order valence-corrected chi connectivity index (χ0v) is 13.4. The number of hydrogen-bond donors (Lipinski definition) is 1. The standard InChI is InChI=1S/C18H18ClFN2O/c19-16-2-1-3-17(20)15(16)11-22(14-8-9-14)10-12-4-6-13(7-5-12)18(21)23/h1-7,14H,8-11H2,(H2,21,23). The van der Waals surface area contributed by atoms with Gasteiger partial charge in [0.05, 0.1) is 0 Å². The molecule has 1 amide bonds. The molecule has 0 spiro atoms. The maximum Gasteiger partial charge on any atom is 0.248 e. The zero-order chi connectivity index (χ0) is 16.4. The van der Waals surface area contributed by atoms with Gasteiger partial charge in [0.2, 0.25) is 5.91 Å². The van der Waals surface area contributed by atoms with E-state index in [4.69, 9.17) is 17.3 Å². The van der Waals surface area contributed by atoms with E-state index >= 15 is 0 Å². The molecule has 3 rings (SSSR count). The highest BCUT2D eigenvalue weighted by atomic mass is 35.5. The third kappa shape index (κ3) is 3.89. The highest BCUT2D eigenvalue weighted by Gasteiger charge is 2.30. The highest BCUT2D eigenvalue weighted by Crippen LogP contribution is 2.32. The van der Waals surface area contributed by atoms with Gasteiger partial charge in [0, 0.05) is 35.3 Å². The molecule has 0 aromatic heterocycles. The van der Waals surface area contributed by atoms with Crippen molar-refractivity contribution in [3.8, 4) is 0 Å². The Morgan fingerprint density at radius 3 is 2.43 bits per heavy atom. The number of nitrogens with zero attached hydrogens (tertiary/aromatic N) is 1. The number of hydrogen-bond acceptors (Lipinski definition) is 2. The van der Waals surface area contributed by atoms with E-state index in [1.165, 1.54) is 6.07 Å². The molecule has 0 heterocycles. The van der Waals surface area contributed by atoms with Crippen LogP contribution in [0.25, 0.3) is 0 Å². The fraction of sp³-hybridized carbons (Fsp3) is 0.278. The average molecular weight is 333 g/mol. The van der Waals surface area contributed by atoms with Crippen molar-refractivity contribution in [1.29, 1.82) is 0 Å². The first-order valence-corrected chi connectivity index (χ1v) is 7.98. The topological polar surface area (TPSA) is 46.3 Å². The van der Waals surface area contributed by atoms with Gasteiger partial charge in [0.15, 0.2) is 0 Å². The Kier molecular flexibility index (Phi) is 4.64. The van der Waals surface area contributed by atoms with Gasteiger partial charge in [-0.15, -0.1) is 0 Å². The summed E-state index contributed by atoms with van der Waals surface area (Å²) < 4.78 is 14.0. The predicted octanol–water partition coefficient (Wildman–Crippen LogP) is 3.74. The monoisotopic (exact) mass is 332 g/mol. The number of carbonyl (C=O) groups excluding carboxylic acids is 1. The van der Waals surface area contributed by atoms with Crippen LogP contribution in [0.15, 0.2) is 42.5 Å². The lowest BCUT2D eigenvalue weighted by atomic mass is 10.1. The highest BCUT2D eigenvalue weighted by molar-refractivity contribution is 6.31. The quantitative estimate of drug-likeness (QED) is 0.875. The smallest absolute Gasteiger partial charge is 0.248 e. The van der Waals surface area contributed by atoms with Gasteiger partial charge in [0.25, 0.3) is 0 Å². The molecule has 0 radical (unpaired) electrons. The molecular formula is C18H18ClFN2O. The summed E-state index contributed by atoms with van der Waals surface area (Å²) in [7, 11) is 0. The van der Waals surface area contributed by atoms with Crippen molar-refractivity contribution in [3.05, 3.63) is 70.0 Å². The van der Waals surface area contributed by atoms with Crippen molar-refractivity contribution in [2.45, 2.75) is 32.0 Å². The summed E-state index contributed by atoms with van der Waals surface area (Å²) in [5.41, 5.74) is 7.34. The van der Waals surface area contributed by atoms with Crippen LogP contribution in [0.3, 0.4) is 0 Å². The summed E-state index contributed by atoms with van der Waals surface area (Å²) in [5, 5.41) is 0.458. The molecule has 2 aromatic rings. The SMILES string of the molecule is NC(=O)c1ccc(CN(Cc2c(F)cccc2Cl)C2CC2)cc1. The lowest BCUT2D eigenvalue weighted by Crippen LogP contribution is -2.25. The van der Waals surface area contributed by atoms with Gasteiger partial charge in [0.1, 0.15) is 5.82 Å². The van der Waals surface area contributed by atoms with Crippen LogP contribution in [0.2, 0.25) is 5.02 Å².